The van der Waals surface area contributed by atoms with Crippen LogP contribution < -0.4 is 0 Å². The highest BCUT2D eigenvalue weighted by Crippen LogP contribution is 2.13. The van der Waals surface area contributed by atoms with Crippen molar-refractivity contribution in [3.05, 3.63) is 35.0 Å². The minimum absolute atomic E-state index is 0.231. The summed E-state index contributed by atoms with van der Waals surface area (Å²) in [5.41, 5.74) is 0. The third-order valence-corrected chi connectivity index (χ3v) is 1.45. The fourth-order valence-electron chi connectivity index (χ4n) is 0.327. The minimum Gasteiger partial charge on any atom is -0.507 e. The molecule has 0 atom stereocenters. The van der Waals surface area contributed by atoms with Gasteiger partial charge in [-0.1, -0.05) is 26.5 Å². The summed E-state index contributed by atoms with van der Waals surface area (Å²) in [6.07, 6.45) is 4.88. The van der Waals surface area contributed by atoms with Gasteiger partial charge in [-0.05, 0) is 35.0 Å². The molecule has 64 valence electrons. The Kier molecular flexibility index (Phi) is 11.3. The van der Waals surface area contributed by atoms with Gasteiger partial charge in [-0.15, -0.1) is 0 Å². The quantitative estimate of drug-likeness (QED) is 0.550. The Morgan fingerprint density at radius 3 is 2.18 bits per heavy atom. The van der Waals surface area contributed by atoms with Gasteiger partial charge in [-0.25, -0.2) is 0 Å². The predicted octanol–water partition coefficient (Wildman–Crippen LogP) is 3.94. The largest absolute Gasteiger partial charge is 0.507 e. The van der Waals surface area contributed by atoms with Gasteiger partial charge in [0.05, 0.1) is 4.48 Å². The Labute approximate surface area is 77.3 Å². The summed E-state index contributed by atoms with van der Waals surface area (Å²) in [4.78, 5) is 0. The molecule has 0 saturated heterocycles. The van der Waals surface area contributed by atoms with Crippen molar-refractivity contribution in [2.75, 3.05) is 0 Å². The van der Waals surface area contributed by atoms with Crippen LogP contribution in [0.5, 0.6) is 0 Å². The molecule has 0 aliphatic heterocycles. The molecule has 11 heavy (non-hydrogen) atoms. The first-order valence-electron chi connectivity index (χ1n) is 3.56. The molecule has 0 aliphatic carbocycles. The minimum atomic E-state index is 0.231. The molecule has 0 saturated carbocycles. The molecule has 2 heteroatoms. The van der Waals surface area contributed by atoms with Crippen LogP contribution in [0.3, 0.4) is 0 Å². The molecular weight excluding hydrogens is 204 g/mol. The van der Waals surface area contributed by atoms with E-state index in [0.717, 1.165) is 0 Å². The van der Waals surface area contributed by atoms with Crippen LogP contribution >= 0.6 is 15.9 Å². The van der Waals surface area contributed by atoms with Gasteiger partial charge in [0.15, 0.2) is 0 Å². The SMILES string of the molecule is C=C/C=C(Br)\C(O)=C/C.CC. The summed E-state index contributed by atoms with van der Waals surface area (Å²) in [6.45, 7) is 9.23. The van der Waals surface area contributed by atoms with Crippen LogP contribution in [0.15, 0.2) is 35.0 Å². The van der Waals surface area contributed by atoms with Gasteiger partial charge >= 0.3 is 0 Å². The highest BCUT2D eigenvalue weighted by atomic mass is 79.9. The van der Waals surface area contributed by atoms with Crippen molar-refractivity contribution in [1.82, 2.24) is 0 Å². The van der Waals surface area contributed by atoms with Crippen molar-refractivity contribution in [2.45, 2.75) is 20.8 Å². The molecule has 0 aromatic rings. The molecule has 0 spiro atoms. The average Bonchev–Trinajstić information content (AvgIpc) is 2.07. The van der Waals surface area contributed by atoms with Gasteiger partial charge in [-0.3, -0.25) is 0 Å². The van der Waals surface area contributed by atoms with E-state index in [1.165, 1.54) is 0 Å². The lowest BCUT2D eigenvalue weighted by Crippen LogP contribution is -1.76. The summed E-state index contributed by atoms with van der Waals surface area (Å²) in [5, 5.41) is 8.96. The molecule has 0 unspecified atom stereocenters. The molecule has 0 fully saturated rings. The first kappa shape index (κ1) is 13.1. The molecule has 0 radical (unpaired) electrons. The number of aliphatic hydroxyl groups is 1. The van der Waals surface area contributed by atoms with Crippen molar-refractivity contribution >= 4 is 15.9 Å². The summed E-state index contributed by atoms with van der Waals surface area (Å²) in [6, 6.07) is 0. The van der Waals surface area contributed by atoms with Gasteiger partial charge in [0.1, 0.15) is 5.76 Å². The average molecular weight is 219 g/mol. The molecular formula is C9H15BrO. The van der Waals surface area contributed by atoms with E-state index >= 15 is 0 Å². The Bertz CT molecular complexity index is 157. The molecule has 0 heterocycles. The Morgan fingerprint density at radius 1 is 1.45 bits per heavy atom. The lowest BCUT2D eigenvalue weighted by atomic mass is 10.4. The number of aliphatic hydroxyl groups excluding tert-OH is 1. The van der Waals surface area contributed by atoms with Crippen LogP contribution in [0, 0.1) is 0 Å². The predicted molar refractivity (Wildman–Crippen MR) is 54.9 cm³/mol. The fraction of sp³-hybridized carbons (Fsp3) is 0.333. The second-order valence-electron chi connectivity index (χ2n) is 1.42. The van der Waals surface area contributed by atoms with Crippen molar-refractivity contribution in [3.8, 4) is 0 Å². The van der Waals surface area contributed by atoms with Crippen LogP contribution in [-0.2, 0) is 0 Å². The molecule has 0 rings (SSSR count). The van der Waals surface area contributed by atoms with Crippen molar-refractivity contribution in [3.63, 3.8) is 0 Å². The zero-order valence-electron chi connectivity index (χ0n) is 7.26. The topological polar surface area (TPSA) is 20.2 Å². The molecule has 0 aromatic carbocycles. The number of rotatable bonds is 2. The first-order valence-corrected chi connectivity index (χ1v) is 4.35. The van der Waals surface area contributed by atoms with Crippen LogP contribution in [-0.4, -0.2) is 5.11 Å². The third kappa shape index (κ3) is 7.40. The highest BCUT2D eigenvalue weighted by molar-refractivity contribution is 9.11. The van der Waals surface area contributed by atoms with Crippen molar-refractivity contribution in [2.24, 2.45) is 0 Å². The van der Waals surface area contributed by atoms with E-state index in [2.05, 4.69) is 22.5 Å². The van der Waals surface area contributed by atoms with E-state index in [-0.39, 0.29) is 5.76 Å². The zero-order chi connectivity index (χ0) is 9.28. The first-order chi connectivity index (χ1) is 5.22. The van der Waals surface area contributed by atoms with Crippen LogP contribution in [0.4, 0.5) is 0 Å². The normalized spacial score (nSPS) is 11.6. The fourth-order valence-corrected chi connectivity index (χ4v) is 0.743. The molecule has 1 nitrogen and oxygen atoms in total. The van der Waals surface area contributed by atoms with Gasteiger partial charge in [0.2, 0.25) is 0 Å². The molecule has 0 aliphatic rings. The zero-order valence-corrected chi connectivity index (χ0v) is 8.85. The van der Waals surface area contributed by atoms with E-state index in [4.69, 9.17) is 5.11 Å². The third-order valence-electron chi connectivity index (χ3n) is 0.782. The summed E-state index contributed by atoms with van der Waals surface area (Å²) in [7, 11) is 0. The lowest BCUT2D eigenvalue weighted by molar-refractivity contribution is 0.429. The van der Waals surface area contributed by atoms with Gasteiger partial charge < -0.3 is 5.11 Å². The maximum atomic E-state index is 8.96. The second kappa shape index (κ2) is 9.50. The van der Waals surface area contributed by atoms with Crippen LogP contribution in [0.1, 0.15) is 20.8 Å². The van der Waals surface area contributed by atoms with Gasteiger partial charge in [0.25, 0.3) is 0 Å². The second-order valence-corrected chi connectivity index (χ2v) is 2.28. The number of halogens is 1. The smallest absolute Gasteiger partial charge is 0.125 e. The van der Waals surface area contributed by atoms with Gasteiger partial charge in [-0.2, -0.15) is 0 Å². The summed E-state index contributed by atoms with van der Waals surface area (Å²) < 4.78 is 0.653. The van der Waals surface area contributed by atoms with Crippen LogP contribution in [0.2, 0.25) is 0 Å². The number of allylic oxidation sites excluding steroid dienone is 4. The number of hydrogen-bond acceptors (Lipinski definition) is 1. The highest BCUT2D eigenvalue weighted by Gasteiger charge is 1.91. The van der Waals surface area contributed by atoms with E-state index in [0.29, 0.717) is 4.48 Å². The Balaban J connectivity index is 0. The Hall–Kier alpha value is -0.500. The molecule has 0 amide bonds. The monoisotopic (exact) mass is 218 g/mol. The van der Waals surface area contributed by atoms with E-state index < -0.39 is 0 Å². The summed E-state index contributed by atoms with van der Waals surface area (Å²) >= 11 is 3.14. The number of hydrogen-bond donors (Lipinski definition) is 1. The van der Waals surface area contributed by atoms with E-state index in [9.17, 15) is 0 Å². The standard InChI is InChI=1S/C7H9BrO.C2H6/c1-3-5-6(8)7(9)4-2;1-2/h3-5,9H,1H2,2H3;1-2H3/b6-5+,7-4+;. The van der Waals surface area contributed by atoms with Gasteiger partial charge in [0, 0.05) is 0 Å². The molecule has 0 bridgehead atoms. The molecule has 1 N–H and O–H groups in total. The Morgan fingerprint density at radius 2 is 1.91 bits per heavy atom. The van der Waals surface area contributed by atoms with E-state index in [1.807, 2.05) is 13.8 Å². The maximum Gasteiger partial charge on any atom is 0.125 e. The summed E-state index contributed by atoms with van der Waals surface area (Å²) in [5.74, 6) is 0.231. The maximum absolute atomic E-state index is 8.96. The van der Waals surface area contributed by atoms with Crippen LogP contribution in [0.25, 0.3) is 0 Å². The lowest BCUT2D eigenvalue weighted by Gasteiger charge is -1.92. The van der Waals surface area contributed by atoms with E-state index in [1.54, 1.807) is 25.2 Å². The van der Waals surface area contributed by atoms with Crippen molar-refractivity contribution in [1.29, 1.82) is 0 Å². The van der Waals surface area contributed by atoms with Crippen molar-refractivity contribution < 1.29 is 5.11 Å². The molecule has 0 aromatic heterocycles.